The highest BCUT2D eigenvalue weighted by molar-refractivity contribution is 6.09. The molecular formula is C33H26N4O8. The van der Waals surface area contributed by atoms with Gasteiger partial charge in [-0.05, 0) is 78.7 Å². The quantitative estimate of drug-likeness (QED) is 0.273. The third kappa shape index (κ3) is 5.71. The molecule has 0 fully saturated rings. The van der Waals surface area contributed by atoms with Crippen LogP contribution in [0.4, 0.5) is 11.4 Å². The second kappa shape index (κ2) is 11.8. The maximum atomic E-state index is 14.0. The minimum atomic E-state index is -1.41. The molecule has 0 atom stereocenters. The van der Waals surface area contributed by atoms with Crippen LogP contribution in [-0.2, 0) is 0 Å². The van der Waals surface area contributed by atoms with Crippen LogP contribution in [0.5, 0.6) is 0 Å². The molecule has 0 unspecified atom stereocenters. The van der Waals surface area contributed by atoms with E-state index < -0.39 is 29.4 Å². The Kier molecular flexibility index (Phi) is 7.89. The molecule has 12 nitrogen and oxygen atoms in total. The minimum Gasteiger partial charge on any atom is -0.478 e. The number of benzene rings is 3. The van der Waals surface area contributed by atoms with Gasteiger partial charge in [-0.15, -0.1) is 5.10 Å². The van der Waals surface area contributed by atoms with E-state index in [0.717, 1.165) is 39.0 Å². The molecule has 1 aromatic heterocycles. The predicted molar refractivity (Wildman–Crippen MR) is 166 cm³/mol. The van der Waals surface area contributed by atoms with Crippen LogP contribution in [0.15, 0.2) is 82.7 Å². The molecular weight excluding hydrogens is 580 g/mol. The molecule has 12 heteroatoms. The number of hydrogen-bond donors (Lipinski definition) is 3. The Morgan fingerprint density at radius 2 is 1.36 bits per heavy atom. The van der Waals surface area contributed by atoms with Crippen LogP contribution >= 0.6 is 0 Å². The Balaban J connectivity index is 1.72. The van der Waals surface area contributed by atoms with Gasteiger partial charge in [-0.3, -0.25) is 14.2 Å². The van der Waals surface area contributed by atoms with E-state index in [9.17, 15) is 39.3 Å². The second-order valence-electron chi connectivity index (χ2n) is 10.3. The maximum Gasteiger partial charge on any atom is 0.335 e. The summed E-state index contributed by atoms with van der Waals surface area (Å²) in [4.78, 5) is 64.7. The molecule has 0 saturated carbocycles. The molecule has 1 aliphatic rings. The van der Waals surface area contributed by atoms with E-state index in [2.05, 4.69) is 5.10 Å². The average molecular weight is 607 g/mol. The number of anilines is 2. The van der Waals surface area contributed by atoms with Gasteiger partial charge >= 0.3 is 17.9 Å². The van der Waals surface area contributed by atoms with E-state index in [-0.39, 0.29) is 44.3 Å². The van der Waals surface area contributed by atoms with Crippen molar-refractivity contribution < 1.29 is 34.5 Å². The van der Waals surface area contributed by atoms with Crippen LogP contribution in [0.2, 0.25) is 0 Å². The van der Waals surface area contributed by atoms with Crippen molar-refractivity contribution in [1.29, 1.82) is 0 Å². The van der Waals surface area contributed by atoms with Crippen LogP contribution in [-0.4, -0.2) is 57.8 Å². The molecule has 5 rings (SSSR count). The fourth-order valence-electron chi connectivity index (χ4n) is 4.87. The van der Waals surface area contributed by atoms with Crippen LogP contribution < -0.4 is 26.2 Å². The highest BCUT2D eigenvalue weighted by Crippen LogP contribution is 2.24. The SMILES string of the molecule is Cc1c2c(n(-c3ccc(C(=O)O)cc3)c(=O)/c1=C\C=Cc1ccc(N(C)C)cc1)=NN(c1cc(C(=O)O)cc(C(=O)O)c1)C2=O. The van der Waals surface area contributed by atoms with Gasteiger partial charge in [-0.25, -0.2) is 14.4 Å². The maximum absolute atomic E-state index is 14.0. The lowest BCUT2D eigenvalue weighted by Crippen LogP contribution is -2.45. The fourth-order valence-corrected chi connectivity index (χ4v) is 4.87. The van der Waals surface area contributed by atoms with Gasteiger partial charge in [0.05, 0.1) is 33.6 Å². The molecule has 45 heavy (non-hydrogen) atoms. The first kappa shape index (κ1) is 30.2. The second-order valence-corrected chi connectivity index (χ2v) is 10.3. The first-order valence-corrected chi connectivity index (χ1v) is 13.5. The Bertz CT molecular complexity index is 2080. The van der Waals surface area contributed by atoms with Gasteiger partial charge in [-0.2, -0.15) is 5.01 Å². The summed E-state index contributed by atoms with van der Waals surface area (Å²) in [6.45, 7) is 1.58. The number of rotatable bonds is 8. The lowest BCUT2D eigenvalue weighted by molar-refractivity contribution is 0.0682. The molecule has 0 bridgehead atoms. The van der Waals surface area contributed by atoms with Crippen LogP contribution in [0.3, 0.4) is 0 Å². The van der Waals surface area contributed by atoms with Crippen molar-refractivity contribution in [3.63, 3.8) is 0 Å². The van der Waals surface area contributed by atoms with Gasteiger partial charge in [-0.1, -0.05) is 24.3 Å². The predicted octanol–water partition coefficient (Wildman–Crippen LogP) is 3.00. The molecule has 0 radical (unpaired) electrons. The molecule has 0 spiro atoms. The number of aromatic carboxylic acids is 3. The largest absolute Gasteiger partial charge is 0.478 e. The van der Waals surface area contributed by atoms with Crippen molar-refractivity contribution >= 4 is 47.3 Å². The Labute approximate surface area is 255 Å². The van der Waals surface area contributed by atoms with Crippen LogP contribution in [0, 0.1) is 6.92 Å². The van der Waals surface area contributed by atoms with Gasteiger partial charge in [0.25, 0.3) is 11.5 Å². The van der Waals surface area contributed by atoms with Gasteiger partial charge in [0.1, 0.15) is 0 Å². The number of carbonyl (C=O) groups excluding carboxylic acids is 1. The van der Waals surface area contributed by atoms with Gasteiger partial charge in [0, 0.05) is 25.0 Å². The van der Waals surface area contributed by atoms with Crippen LogP contribution in [0.25, 0.3) is 17.8 Å². The number of carboxylic acid groups (broad SMARTS) is 3. The summed E-state index contributed by atoms with van der Waals surface area (Å²) >= 11 is 0. The molecule has 226 valence electrons. The summed E-state index contributed by atoms with van der Waals surface area (Å²) < 4.78 is 1.16. The smallest absolute Gasteiger partial charge is 0.335 e. The van der Waals surface area contributed by atoms with E-state index in [4.69, 9.17) is 0 Å². The molecule has 3 aromatic carbocycles. The zero-order chi connectivity index (χ0) is 32.6. The summed E-state index contributed by atoms with van der Waals surface area (Å²) in [5, 5.41) is 33.8. The lowest BCUT2D eigenvalue weighted by Gasteiger charge is -2.14. The van der Waals surface area contributed by atoms with E-state index in [1.807, 2.05) is 43.3 Å². The van der Waals surface area contributed by atoms with E-state index in [0.29, 0.717) is 5.56 Å². The number of fused-ring (bicyclic) bond motifs is 1. The van der Waals surface area contributed by atoms with Crippen molar-refractivity contribution in [2.45, 2.75) is 6.92 Å². The molecule has 2 heterocycles. The summed E-state index contributed by atoms with van der Waals surface area (Å²) in [6.07, 6.45) is 5.02. The van der Waals surface area contributed by atoms with E-state index in [1.165, 1.54) is 24.3 Å². The molecule has 3 N–H and O–H groups in total. The molecule has 0 aliphatic carbocycles. The lowest BCUT2D eigenvalue weighted by atomic mass is 10.1. The average Bonchev–Trinajstić information content (AvgIpc) is 3.35. The Morgan fingerprint density at radius 3 is 1.89 bits per heavy atom. The Hall–Kier alpha value is -6.30. The van der Waals surface area contributed by atoms with E-state index >= 15 is 0 Å². The number of carbonyl (C=O) groups is 4. The van der Waals surface area contributed by atoms with Gasteiger partial charge in [0.15, 0.2) is 5.49 Å². The normalized spacial score (nSPS) is 12.7. The number of nitrogens with zero attached hydrogens (tertiary/aromatic N) is 4. The molecule has 4 aromatic rings. The number of hydrogen-bond acceptors (Lipinski definition) is 7. The van der Waals surface area contributed by atoms with Gasteiger partial charge < -0.3 is 20.2 Å². The van der Waals surface area contributed by atoms with Crippen molar-refractivity contribution in [2.75, 3.05) is 24.0 Å². The first-order valence-electron chi connectivity index (χ1n) is 13.5. The summed E-state index contributed by atoms with van der Waals surface area (Å²) in [5.41, 5.74) is 0.905. The van der Waals surface area contributed by atoms with Crippen molar-refractivity contribution in [1.82, 2.24) is 4.57 Å². The highest BCUT2D eigenvalue weighted by Gasteiger charge is 2.32. The van der Waals surface area contributed by atoms with Crippen molar-refractivity contribution in [2.24, 2.45) is 5.10 Å². The zero-order valence-corrected chi connectivity index (χ0v) is 24.3. The first-order chi connectivity index (χ1) is 21.4. The summed E-state index contributed by atoms with van der Waals surface area (Å²) in [5.74, 6) is -4.69. The standard InChI is InChI=1S/C33H26N4O8/c1-18-26(6-4-5-19-7-11-23(12-8-19)35(2)3)29(38)36(24-13-9-20(10-14-24)31(40)41)28-27(18)30(39)37(34-28)25-16-21(32(42)43)15-22(17-25)33(44)45/h4-17H,1-3H3,(H,40,41)(H,42,43)(H,44,45)/b5-4?,26-6-. The molecule has 0 saturated heterocycles. The Morgan fingerprint density at radius 1 is 0.778 bits per heavy atom. The number of allylic oxidation sites excluding steroid dienone is 1. The number of aromatic nitrogens is 1. The van der Waals surface area contributed by atoms with Crippen molar-refractivity contribution in [3.8, 4) is 5.69 Å². The van der Waals surface area contributed by atoms with Crippen LogP contribution in [0.1, 0.15) is 52.6 Å². The summed E-state index contributed by atoms with van der Waals surface area (Å²) in [7, 11) is 3.86. The third-order valence-electron chi connectivity index (χ3n) is 7.24. The highest BCUT2D eigenvalue weighted by atomic mass is 16.4. The summed E-state index contributed by atoms with van der Waals surface area (Å²) in [6, 6.07) is 16.3. The monoisotopic (exact) mass is 606 g/mol. The molecule has 1 aliphatic heterocycles. The van der Waals surface area contributed by atoms with Gasteiger partial charge in [0.2, 0.25) is 0 Å². The molecule has 1 amide bonds. The number of carboxylic acids is 3. The minimum absolute atomic E-state index is 0.0214. The fraction of sp³-hybridized carbons (Fsp3) is 0.0909. The zero-order valence-electron chi connectivity index (χ0n) is 24.3. The third-order valence-corrected chi connectivity index (χ3v) is 7.24. The number of pyridine rings is 1. The topological polar surface area (TPSA) is 170 Å². The van der Waals surface area contributed by atoms with Crippen molar-refractivity contribution in [3.05, 3.63) is 127 Å². The van der Waals surface area contributed by atoms with E-state index in [1.54, 1.807) is 25.2 Å². The number of amides is 1.